The molecule has 0 heterocycles. The highest BCUT2D eigenvalue weighted by Gasteiger charge is 2.37. The Morgan fingerprint density at radius 3 is 2.32 bits per heavy atom. The van der Waals surface area contributed by atoms with E-state index in [0.717, 1.165) is 6.07 Å². The van der Waals surface area contributed by atoms with Gasteiger partial charge in [-0.15, -0.1) is 0 Å². The van der Waals surface area contributed by atoms with Crippen LogP contribution in [-0.2, 0) is 22.7 Å². The first-order chi connectivity index (χ1) is 14.4. The van der Waals surface area contributed by atoms with Crippen molar-refractivity contribution in [3.63, 3.8) is 0 Å². The number of carbonyl (C=O) groups excluding carboxylic acids is 1. The molecule has 9 heteroatoms. The van der Waals surface area contributed by atoms with Crippen LogP contribution in [0.2, 0.25) is 0 Å². The molecule has 0 atom stereocenters. The minimum absolute atomic E-state index is 0.0126. The summed E-state index contributed by atoms with van der Waals surface area (Å²) >= 11 is 0. The number of rotatable bonds is 7. The normalized spacial score (nSPS) is 14.8. The van der Waals surface area contributed by atoms with Gasteiger partial charge in [0, 0.05) is 31.2 Å². The quantitative estimate of drug-likeness (QED) is 0.617. The van der Waals surface area contributed by atoms with E-state index in [4.69, 9.17) is 0 Å². The Kier molecular flexibility index (Phi) is 6.48. The fourth-order valence-electron chi connectivity index (χ4n) is 3.27. The standard InChI is InChI=1S/C22H25F3N2O3S/c1-15(2)26(3)31(29,30)19-9-6-8-16(13-19)21(28)27(18-11-12-18)14-17-7-4-5-10-20(17)22(23,24)25/h4-10,13,15,18H,11-12,14H2,1-3H3. The smallest absolute Gasteiger partial charge is 0.331 e. The zero-order valence-corrected chi connectivity index (χ0v) is 18.4. The molecule has 0 aromatic heterocycles. The molecule has 31 heavy (non-hydrogen) atoms. The number of halogens is 3. The van der Waals surface area contributed by atoms with Crippen LogP contribution in [0.1, 0.15) is 48.2 Å². The maximum atomic E-state index is 13.4. The van der Waals surface area contributed by atoms with Crippen LogP contribution in [0.4, 0.5) is 13.2 Å². The highest BCUT2D eigenvalue weighted by Crippen LogP contribution is 2.35. The third kappa shape index (κ3) is 5.10. The lowest BCUT2D eigenvalue weighted by molar-refractivity contribution is -0.138. The third-order valence-electron chi connectivity index (χ3n) is 5.40. The largest absolute Gasteiger partial charge is 0.416 e. The Hall–Kier alpha value is -2.39. The molecule has 0 saturated heterocycles. The summed E-state index contributed by atoms with van der Waals surface area (Å²) in [5, 5.41) is 0. The summed E-state index contributed by atoms with van der Waals surface area (Å²) in [6.07, 6.45) is -3.12. The average molecular weight is 455 g/mol. The predicted octanol–water partition coefficient (Wildman–Crippen LogP) is 4.54. The Morgan fingerprint density at radius 2 is 1.74 bits per heavy atom. The molecule has 1 saturated carbocycles. The van der Waals surface area contributed by atoms with Gasteiger partial charge in [0.15, 0.2) is 0 Å². The minimum atomic E-state index is -4.52. The summed E-state index contributed by atoms with van der Waals surface area (Å²) in [4.78, 5) is 14.6. The Morgan fingerprint density at radius 1 is 1.10 bits per heavy atom. The average Bonchev–Trinajstić information content (AvgIpc) is 3.55. The summed E-state index contributed by atoms with van der Waals surface area (Å²) in [7, 11) is -2.34. The number of hydrogen-bond donors (Lipinski definition) is 0. The van der Waals surface area contributed by atoms with Gasteiger partial charge in [-0.05, 0) is 56.5 Å². The van der Waals surface area contributed by atoms with Crippen molar-refractivity contribution in [2.24, 2.45) is 0 Å². The van der Waals surface area contributed by atoms with Crippen molar-refractivity contribution in [1.82, 2.24) is 9.21 Å². The number of hydrogen-bond acceptors (Lipinski definition) is 3. The van der Waals surface area contributed by atoms with Crippen molar-refractivity contribution >= 4 is 15.9 Å². The maximum Gasteiger partial charge on any atom is 0.416 e. The Balaban J connectivity index is 1.93. The lowest BCUT2D eigenvalue weighted by Crippen LogP contribution is -2.34. The second-order valence-electron chi connectivity index (χ2n) is 7.96. The van der Waals surface area contributed by atoms with Gasteiger partial charge in [0.2, 0.25) is 10.0 Å². The molecule has 0 radical (unpaired) electrons. The van der Waals surface area contributed by atoms with Crippen LogP contribution in [0.25, 0.3) is 0 Å². The summed E-state index contributed by atoms with van der Waals surface area (Å²) in [6, 6.07) is 10.4. The van der Waals surface area contributed by atoms with Gasteiger partial charge < -0.3 is 4.90 Å². The zero-order chi connectivity index (χ0) is 23.0. The van der Waals surface area contributed by atoms with E-state index >= 15 is 0 Å². The second kappa shape index (κ2) is 8.63. The van der Waals surface area contributed by atoms with E-state index in [-0.39, 0.29) is 34.7 Å². The molecular weight excluding hydrogens is 429 g/mol. The fourth-order valence-corrected chi connectivity index (χ4v) is 4.68. The molecular formula is C22H25F3N2O3S. The van der Waals surface area contributed by atoms with Crippen LogP contribution in [0.15, 0.2) is 53.4 Å². The van der Waals surface area contributed by atoms with Crippen LogP contribution in [-0.4, -0.2) is 42.7 Å². The zero-order valence-electron chi connectivity index (χ0n) is 17.6. The molecule has 3 rings (SSSR count). The molecule has 1 fully saturated rings. The highest BCUT2D eigenvalue weighted by atomic mass is 32.2. The van der Waals surface area contributed by atoms with Crippen LogP contribution >= 0.6 is 0 Å². The first kappa shape index (κ1) is 23.3. The number of sulfonamides is 1. The maximum absolute atomic E-state index is 13.4. The molecule has 2 aromatic carbocycles. The summed E-state index contributed by atoms with van der Waals surface area (Å²) in [5.41, 5.74) is -0.628. The van der Waals surface area contributed by atoms with Crippen LogP contribution < -0.4 is 0 Å². The SMILES string of the molecule is CC(C)N(C)S(=O)(=O)c1cccc(C(=O)N(Cc2ccccc2C(F)(F)F)C2CC2)c1. The van der Waals surface area contributed by atoms with Gasteiger partial charge in [0.05, 0.1) is 10.5 Å². The van der Waals surface area contributed by atoms with Gasteiger partial charge in [-0.3, -0.25) is 4.79 Å². The predicted molar refractivity (Wildman–Crippen MR) is 111 cm³/mol. The van der Waals surface area contributed by atoms with Gasteiger partial charge >= 0.3 is 6.18 Å². The summed E-state index contributed by atoms with van der Waals surface area (Å²) in [6.45, 7) is 3.28. The molecule has 1 aliphatic carbocycles. The number of amides is 1. The third-order valence-corrected chi connectivity index (χ3v) is 7.43. The summed E-state index contributed by atoms with van der Waals surface area (Å²) < 4.78 is 66.9. The highest BCUT2D eigenvalue weighted by molar-refractivity contribution is 7.89. The van der Waals surface area contributed by atoms with Gasteiger partial charge in [0.25, 0.3) is 5.91 Å². The van der Waals surface area contributed by atoms with Gasteiger partial charge in [-0.25, -0.2) is 8.42 Å². The van der Waals surface area contributed by atoms with Crippen molar-refractivity contribution in [3.05, 3.63) is 65.2 Å². The molecule has 0 unspecified atom stereocenters. The van der Waals surface area contributed by atoms with E-state index in [0.29, 0.717) is 12.8 Å². The molecule has 1 aliphatic rings. The second-order valence-corrected chi connectivity index (χ2v) is 9.96. The van der Waals surface area contributed by atoms with E-state index in [1.54, 1.807) is 13.8 Å². The van der Waals surface area contributed by atoms with Crippen molar-refractivity contribution in [2.75, 3.05) is 7.05 Å². The van der Waals surface area contributed by atoms with Crippen LogP contribution in [0.5, 0.6) is 0 Å². The van der Waals surface area contributed by atoms with E-state index < -0.39 is 27.7 Å². The van der Waals surface area contributed by atoms with Gasteiger partial charge in [-0.1, -0.05) is 24.3 Å². The van der Waals surface area contributed by atoms with Gasteiger partial charge in [0.1, 0.15) is 0 Å². The molecule has 0 N–H and O–H groups in total. The topological polar surface area (TPSA) is 57.7 Å². The molecule has 2 aromatic rings. The van der Waals surface area contributed by atoms with E-state index in [2.05, 4.69) is 0 Å². The number of alkyl halides is 3. The minimum Gasteiger partial charge on any atom is -0.331 e. The van der Waals surface area contributed by atoms with Crippen LogP contribution in [0.3, 0.4) is 0 Å². The molecule has 0 aliphatic heterocycles. The molecule has 0 bridgehead atoms. The number of nitrogens with zero attached hydrogens (tertiary/aromatic N) is 2. The number of benzene rings is 2. The lowest BCUT2D eigenvalue weighted by Gasteiger charge is -2.25. The molecule has 0 spiro atoms. The molecule has 1 amide bonds. The van der Waals surface area contributed by atoms with Gasteiger partial charge in [-0.2, -0.15) is 17.5 Å². The van der Waals surface area contributed by atoms with Crippen molar-refractivity contribution in [3.8, 4) is 0 Å². The van der Waals surface area contributed by atoms with Crippen molar-refractivity contribution < 1.29 is 26.4 Å². The fraction of sp³-hybridized carbons (Fsp3) is 0.409. The number of carbonyl (C=O) groups is 1. The van der Waals surface area contributed by atoms with E-state index in [1.807, 2.05) is 0 Å². The Labute approximate surface area is 180 Å². The van der Waals surface area contributed by atoms with E-state index in [1.165, 1.54) is 58.7 Å². The monoisotopic (exact) mass is 454 g/mol. The first-order valence-electron chi connectivity index (χ1n) is 9.97. The molecule has 5 nitrogen and oxygen atoms in total. The van der Waals surface area contributed by atoms with Crippen molar-refractivity contribution in [1.29, 1.82) is 0 Å². The first-order valence-corrected chi connectivity index (χ1v) is 11.4. The summed E-state index contributed by atoms with van der Waals surface area (Å²) in [5.74, 6) is -0.483. The Bertz CT molecular complexity index is 1060. The van der Waals surface area contributed by atoms with E-state index in [9.17, 15) is 26.4 Å². The van der Waals surface area contributed by atoms with Crippen LogP contribution in [0, 0.1) is 0 Å². The lowest BCUT2D eigenvalue weighted by atomic mass is 10.1. The molecule has 168 valence electrons. The van der Waals surface area contributed by atoms with Crippen molar-refractivity contribution in [2.45, 2.75) is 56.4 Å².